The van der Waals surface area contributed by atoms with Crippen LogP contribution in [0.15, 0.2) is 97.1 Å². The lowest BCUT2D eigenvalue weighted by molar-refractivity contribution is 0.101. The number of nitrogen functional groups attached to an aromatic ring is 2. The summed E-state index contributed by atoms with van der Waals surface area (Å²) in [5.41, 5.74) is 22.0. The van der Waals surface area contributed by atoms with Crippen LogP contribution in [0, 0.1) is 55.4 Å². The number of ether oxygens (including phenoxy) is 2. The van der Waals surface area contributed by atoms with E-state index in [1.807, 2.05) is 71.9 Å². The molecular formula is C44H46N6O4. The summed E-state index contributed by atoms with van der Waals surface area (Å²) >= 11 is 0. The maximum atomic E-state index is 12.4. The van der Waals surface area contributed by atoms with Gasteiger partial charge in [-0.2, -0.15) is 0 Å². The Morgan fingerprint density at radius 1 is 0.500 bits per heavy atom. The average molecular weight is 723 g/mol. The summed E-state index contributed by atoms with van der Waals surface area (Å²) in [6, 6.07) is 29.7. The minimum atomic E-state index is -0.293. The molecule has 54 heavy (non-hydrogen) atoms. The van der Waals surface area contributed by atoms with Gasteiger partial charge >= 0.3 is 0 Å². The van der Waals surface area contributed by atoms with E-state index in [0.717, 1.165) is 45.1 Å². The van der Waals surface area contributed by atoms with Crippen LogP contribution < -0.4 is 31.6 Å². The van der Waals surface area contributed by atoms with E-state index < -0.39 is 0 Å². The largest absolute Gasteiger partial charge is 0.457 e. The Bertz CT molecular complexity index is 2300. The molecule has 0 saturated carbocycles. The Hall–Kier alpha value is -6.68. The van der Waals surface area contributed by atoms with Gasteiger partial charge in [-0.3, -0.25) is 9.59 Å². The zero-order chi connectivity index (χ0) is 39.1. The van der Waals surface area contributed by atoms with Gasteiger partial charge < -0.3 is 31.6 Å². The van der Waals surface area contributed by atoms with E-state index in [4.69, 9.17) is 20.9 Å². The van der Waals surface area contributed by atoms with Crippen molar-refractivity contribution in [3.63, 3.8) is 0 Å². The Morgan fingerprint density at radius 3 is 1.33 bits per heavy atom. The van der Waals surface area contributed by atoms with Gasteiger partial charge in [0.05, 0.1) is 11.1 Å². The van der Waals surface area contributed by atoms with Gasteiger partial charge in [-0.15, -0.1) is 0 Å². The molecule has 2 amide bonds. The predicted octanol–water partition coefficient (Wildman–Crippen LogP) is 9.88. The molecule has 6 aromatic rings. The molecule has 0 saturated heterocycles. The Labute approximate surface area is 316 Å². The highest BCUT2D eigenvalue weighted by atomic mass is 16.5. The molecule has 0 unspecified atom stereocenters. The van der Waals surface area contributed by atoms with Gasteiger partial charge in [-0.1, -0.05) is 29.8 Å². The fourth-order valence-corrected chi connectivity index (χ4v) is 5.79. The number of hydrogen-bond acceptors (Lipinski definition) is 8. The van der Waals surface area contributed by atoms with Gasteiger partial charge in [0.1, 0.15) is 34.6 Å². The van der Waals surface area contributed by atoms with Crippen LogP contribution in [0.25, 0.3) is 0 Å². The molecule has 10 nitrogen and oxygen atoms in total. The molecule has 6 N–H and O–H groups in total. The molecule has 0 fully saturated rings. The first-order valence-corrected chi connectivity index (χ1v) is 17.5. The molecule has 4 aromatic carbocycles. The highest BCUT2D eigenvalue weighted by molar-refractivity contribution is 6.07. The third-order valence-electron chi connectivity index (χ3n) is 8.76. The number of hydrogen-bond donors (Lipinski definition) is 4. The van der Waals surface area contributed by atoms with Crippen LogP contribution in [-0.2, 0) is 0 Å². The second-order valence-corrected chi connectivity index (χ2v) is 13.3. The Balaban J connectivity index is 0.000000208. The quantitative estimate of drug-likeness (QED) is 0.121. The topological polar surface area (TPSA) is 154 Å². The van der Waals surface area contributed by atoms with Gasteiger partial charge in [0.15, 0.2) is 0 Å². The van der Waals surface area contributed by atoms with Crippen molar-refractivity contribution in [3.8, 4) is 23.0 Å². The number of aromatic nitrogens is 2. The molecule has 0 bridgehead atoms. The molecule has 0 aliphatic carbocycles. The first-order valence-electron chi connectivity index (χ1n) is 17.5. The van der Waals surface area contributed by atoms with Crippen molar-refractivity contribution in [2.24, 2.45) is 0 Å². The molecule has 2 aromatic heterocycles. The lowest BCUT2D eigenvalue weighted by atomic mass is 10.1. The van der Waals surface area contributed by atoms with Gasteiger partial charge in [-0.25, -0.2) is 9.97 Å². The number of benzene rings is 4. The number of nitrogens with one attached hydrogen (secondary N) is 2. The molecule has 0 aliphatic heterocycles. The predicted molar refractivity (Wildman–Crippen MR) is 217 cm³/mol. The molecule has 6 rings (SSSR count). The van der Waals surface area contributed by atoms with Crippen molar-refractivity contribution < 1.29 is 19.1 Å². The van der Waals surface area contributed by atoms with Crippen molar-refractivity contribution in [2.75, 3.05) is 22.1 Å². The summed E-state index contributed by atoms with van der Waals surface area (Å²) in [6.45, 7) is 15.9. The van der Waals surface area contributed by atoms with Gasteiger partial charge in [0, 0.05) is 22.8 Å². The zero-order valence-corrected chi connectivity index (χ0v) is 31.9. The second-order valence-electron chi connectivity index (χ2n) is 13.3. The minimum Gasteiger partial charge on any atom is -0.457 e. The number of nitrogens with two attached hydrogens (primary N) is 2. The molecule has 0 radical (unpaired) electrons. The van der Waals surface area contributed by atoms with Gasteiger partial charge in [0.25, 0.3) is 11.8 Å². The SMILES string of the molecule is Cc1cc(C)c(Oc2ccc(NC(=O)c3ccc(C)nc3N)cc2)c(C)c1.Cc1ccc(C(=O)Nc2ccc(Oc3c(C)ccc(C)c3C)cc2)c(N)n1. The van der Waals surface area contributed by atoms with Crippen molar-refractivity contribution in [2.45, 2.75) is 55.4 Å². The normalized spacial score (nSPS) is 10.5. The van der Waals surface area contributed by atoms with E-state index in [-0.39, 0.29) is 23.5 Å². The summed E-state index contributed by atoms with van der Waals surface area (Å²) in [6.07, 6.45) is 0. The highest BCUT2D eigenvalue weighted by Crippen LogP contribution is 2.32. The minimum absolute atomic E-state index is 0.220. The van der Waals surface area contributed by atoms with Crippen molar-refractivity contribution in [1.29, 1.82) is 0 Å². The molecule has 2 heterocycles. The summed E-state index contributed by atoms with van der Waals surface area (Å²) in [4.78, 5) is 33.0. The van der Waals surface area contributed by atoms with E-state index in [2.05, 4.69) is 52.6 Å². The number of aryl methyl sites for hydroxylation is 7. The summed E-state index contributed by atoms with van der Waals surface area (Å²) in [5, 5.41) is 5.65. The van der Waals surface area contributed by atoms with E-state index in [9.17, 15) is 9.59 Å². The van der Waals surface area contributed by atoms with Crippen LogP contribution >= 0.6 is 0 Å². The molecule has 276 valence electrons. The number of pyridine rings is 2. The van der Waals surface area contributed by atoms with Crippen LogP contribution in [0.4, 0.5) is 23.0 Å². The Morgan fingerprint density at radius 2 is 0.907 bits per heavy atom. The van der Waals surface area contributed by atoms with E-state index >= 15 is 0 Å². The highest BCUT2D eigenvalue weighted by Gasteiger charge is 2.14. The van der Waals surface area contributed by atoms with Gasteiger partial charge in [0.2, 0.25) is 0 Å². The molecular weight excluding hydrogens is 677 g/mol. The average Bonchev–Trinajstić information content (AvgIpc) is 3.11. The number of carbonyl (C=O) groups is 2. The lowest BCUT2D eigenvalue weighted by Crippen LogP contribution is -2.15. The third kappa shape index (κ3) is 9.60. The molecule has 0 atom stereocenters. The number of carbonyl (C=O) groups excluding carboxylic acids is 2. The molecule has 10 heteroatoms. The molecule has 0 aliphatic rings. The van der Waals surface area contributed by atoms with Crippen LogP contribution in [0.1, 0.15) is 65.5 Å². The fraction of sp³-hybridized carbons (Fsp3) is 0.182. The van der Waals surface area contributed by atoms with E-state index in [1.165, 1.54) is 11.1 Å². The maximum absolute atomic E-state index is 12.4. The summed E-state index contributed by atoms with van der Waals surface area (Å²) in [5.74, 6) is 3.00. The van der Waals surface area contributed by atoms with Crippen molar-refractivity contribution in [3.05, 3.63) is 153 Å². The van der Waals surface area contributed by atoms with Crippen LogP contribution in [-0.4, -0.2) is 21.8 Å². The van der Waals surface area contributed by atoms with Gasteiger partial charge in [-0.05, 0) is 156 Å². The Kier molecular flexibility index (Phi) is 12.0. The van der Waals surface area contributed by atoms with Crippen LogP contribution in [0.5, 0.6) is 23.0 Å². The number of amides is 2. The van der Waals surface area contributed by atoms with E-state index in [0.29, 0.717) is 34.0 Å². The lowest BCUT2D eigenvalue weighted by Gasteiger charge is -2.14. The monoisotopic (exact) mass is 722 g/mol. The standard InChI is InChI=1S/2C22H23N3O2/c1-13-11-14(2)20(15(3)12-13)27-18-8-6-17(7-9-18)25-22(26)19-10-5-16(4)24-21(19)23;1-13-5-6-14(2)20(16(13)4)27-18-10-8-17(9-11-18)25-22(26)19-12-7-15(3)24-21(19)23/h2*5-12H,1-4H3,(H2,23,24)(H,25,26). The smallest absolute Gasteiger partial charge is 0.259 e. The number of anilines is 4. The van der Waals surface area contributed by atoms with E-state index in [1.54, 1.807) is 48.5 Å². The second kappa shape index (κ2) is 16.8. The number of rotatable bonds is 8. The van der Waals surface area contributed by atoms with Crippen molar-refractivity contribution >= 4 is 34.8 Å². The number of nitrogens with zero attached hydrogens (tertiary/aromatic N) is 2. The van der Waals surface area contributed by atoms with Crippen LogP contribution in [0.2, 0.25) is 0 Å². The molecule has 0 spiro atoms. The summed E-state index contributed by atoms with van der Waals surface area (Å²) in [7, 11) is 0. The third-order valence-corrected chi connectivity index (χ3v) is 8.76. The van der Waals surface area contributed by atoms with Crippen LogP contribution in [0.3, 0.4) is 0 Å². The zero-order valence-electron chi connectivity index (χ0n) is 31.9. The summed E-state index contributed by atoms with van der Waals surface area (Å²) < 4.78 is 12.1. The van der Waals surface area contributed by atoms with Crippen molar-refractivity contribution in [1.82, 2.24) is 9.97 Å². The first kappa shape index (κ1) is 38.5. The first-order chi connectivity index (χ1) is 25.7. The maximum Gasteiger partial charge on any atom is 0.259 e. The fourth-order valence-electron chi connectivity index (χ4n) is 5.79.